The van der Waals surface area contributed by atoms with Crippen LogP contribution < -0.4 is 10.7 Å². The standard InChI is InChI=1S/C30H31N5O/c1-34-17-22-26(21-13-7-4-8-14-21)32-33-27(22)29(19-34)24(20-11-5-3-6-12-20)18-35(2)30(29)23-15-9-10-16-25(23)31-28(30)36/h3-16,22,24,26,32H,17-19H2,1-2H3,(H,31,36)/t22?,24-,26-,29?,30+/m0/s1. The lowest BCUT2D eigenvalue weighted by molar-refractivity contribution is -0.130. The van der Waals surface area contributed by atoms with Crippen LogP contribution in [-0.4, -0.2) is 55.1 Å². The lowest BCUT2D eigenvalue weighted by Gasteiger charge is -2.53. The minimum atomic E-state index is -0.844. The first kappa shape index (κ1) is 21.8. The van der Waals surface area contributed by atoms with E-state index in [1.807, 2.05) is 12.1 Å². The molecule has 0 radical (unpaired) electrons. The number of hydrazone groups is 1. The van der Waals surface area contributed by atoms with Crippen LogP contribution in [0.15, 0.2) is 90.0 Å². The smallest absolute Gasteiger partial charge is 0.250 e. The predicted molar refractivity (Wildman–Crippen MR) is 142 cm³/mol. The molecule has 6 nitrogen and oxygen atoms in total. The molecule has 4 aliphatic heterocycles. The van der Waals surface area contributed by atoms with E-state index in [0.717, 1.165) is 36.6 Å². The van der Waals surface area contributed by atoms with Crippen LogP contribution in [0, 0.1) is 11.3 Å². The Morgan fingerprint density at radius 1 is 0.861 bits per heavy atom. The third-order valence-corrected chi connectivity index (χ3v) is 9.09. The zero-order valence-electron chi connectivity index (χ0n) is 20.7. The highest BCUT2D eigenvalue weighted by Gasteiger charge is 2.74. The summed E-state index contributed by atoms with van der Waals surface area (Å²) in [5.41, 5.74) is 7.77. The van der Waals surface area contributed by atoms with Crippen molar-refractivity contribution in [1.29, 1.82) is 0 Å². The summed E-state index contributed by atoms with van der Waals surface area (Å²) in [5, 5.41) is 8.42. The molecule has 2 unspecified atom stereocenters. The number of hydrogen-bond acceptors (Lipinski definition) is 5. The Hall–Kier alpha value is -3.48. The molecule has 36 heavy (non-hydrogen) atoms. The van der Waals surface area contributed by atoms with Gasteiger partial charge in [0.2, 0.25) is 0 Å². The van der Waals surface area contributed by atoms with Crippen LogP contribution in [0.25, 0.3) is 0 Å². The lowest BCUT2D eigenvalue weighted by Crippen LogP contribution is -2.66. The minimum absolute atomic E-state index is 0.0598. The van der Waals surface area contributed by atoms with Gasteiger partial charge < -0.3 is 15.6 Å². The maximum absolute atomic E-state index is 14.3. The molecule has 6 heteroatoms. The van der Waals surface area contributed by atoms with E-state index in [2.05, 4.69) is 107 Å². The van der Waals surface area contributed by atoms with E-state index in [0.29, 0.717) is 0 Å². The lowest BCUT2D eigenvalue weighted by atomic mass is 9.54. The number of fused-ring (bicyclic) bond motifs is 5. The summed E-state index contributed by atoms with van der Waals surface area (Å²) in [6.45, 7) is 2.44. The van der Waals surface area contributed by atoms with Crippen molar-refractivity contribution in [3.8, 4) is 0 Å². The molecule has 1 amide bonds. The summed E-state index contributed by atoms with van der Waals surface area (Å²) in [5.74, 6) is 0.340. The van der Waals surface area contributed by atoms with Crippen molar-refractivity contribution in [1.82, 2.24) is 15.2 Å². The largest absolute Gasteiger partial charge is 0.324 e. The fourth-order valence-electron chi connectivity index (χ4n) is 7.85. The van der Waals surface area contributed by atoms with Crippen LogP contribution in [0.5, 0.6) is 0 Å². The number of hydrogen-bond donors (Lipinski definition) is 2. The molecule has 7 rings (SSSR count). The Labute approximate surface area is 212 Å². The molecular weight excluding hydrogens is 446 g/mol. The normalized spacial score (nSPS) is 33.3. The van der Waals surface area contributed by atoms with Crippen molar-refractivity contribution in [2.75, 3.05) is 39.0 Å². The van der Waals surface area contributed by atoms with Crippen LogP contribution in [-0.2, 0) is 10.3 Å². The van der Waals surface area contributed by atoms with Gasteiger partial charge in [0.05, 0.1) is 17.2 Å². The first-order chi connectivity index (χ1) is 17.6. The summed E-state index contributed by atoms with van der Waals surface area (Å²) < 4.78 is 0. The Bertz CT molecular complexity index is 1360. The zero-order valence-corrected chi connectivity index (χ0v) is 20.7. The van der Waals surface area contributed by atoms with Crippen LogP contribution in [0.1, 0.15) is 28.7 Å². The summed E-state index contributed by atoms with van der Waals surface area (Å²) in [4.78, 5) is 19.1. The van der Waals surface area contributed by atoms with Crippen molar-refractivity contribution in [2.45, 2.75) is 17.5 Å². The summed E-state index contributed by atoms with van der Waals surface area (Å²) in [6, 6.07) is 29.7. The second-order valence-corrected chi connectivity index (χ2v) is 10.8. The van der Waals surface area contributed by atoms with Crippen LogP contribution >= 0.6 is 0 Å². The number of nitrogens with one attached hydrogen (secondary N) is 2. The van der Waals surface area contributed by atoms with Gasteiger partial charge in [-0.3, -0.25) is 9.69 Å². The summed E-state index contributed by atoms with van der Waals surface area (Å²) in [6.07, 6.45) is 0. The molecule has 4 heterocycles. The van der Waals surface area contributed by atoms with E-state index in [1.165, 1.54) is 11.1 Å². The number of piperidine rings is 1. The van der Waals surface area contributed by atoms with Crippen molar-refractivity contribution in [3.63, 3.8) is 0 Å². The number of carbonyl (C=O) groups is 1. The predicted octanol–water partition coefficient (Wildman–Crippen LogP) is 3.81. The van der Waals surface area contributed by atoms with Gasteiger partial charge in [0.15, 0.2) is 0 Å². The molecule has 0 aromatic heterocycles. The van der Waals surface area contributed by atoms with Gasteiger partial charge in [0, 0.05) is 42.7 Å². The number of anilines is 1. The molecule has 0 bridgehead atoms. The zero-order chi connectivity index (χ0) is 24.5. The minimum Gasteiger partial charge on any atom is -0.324 e. The van der Waals surface area contributed by atoms with Gasteiger partial charge in [0.25, 0.3) is 5.91 Å². The Morgan fingerprint density at radius 2 is 1.53 bits per heavy atom. The van der Waals surface area contributed by atoms with E-state index >= 15 is 0 Å². The number of rotatable bonds is 2. The number of likely N-dealkylation sites (tertiary alicyclic amines) is 2. The number of nitrogens with zero attached hydrogens (tertiary/aromatic N) is 3. The first-order valence-electron chi connectivity index (χ1n) is 12.8. The van der Waals surface area contributed by atoms with Crippen molar-refractivity contribution < 1.29 is 4.79 Å². The second kappa shape index (κ2) is 7.76. The third-order valence-electron chi connectivity index (χ3n) is 9.09. The number of amides is 1. The Balaban J connectivity index is 1.49. The molecule has 0 aliphatic carbocycles. The fraction of sp³-hybridized carbons (Fsp3) is 0.333. The van der Waals surface area contributed by atoms with Crippen molar-refractivity contribution >= 4 is 17.3 Å². The van der Waals surface area contributed by atoms with Gasteiger partial charge in [-0.2, -0.15) is 5.10 Å². The van der Waals surface area contributed by atoms with Gasteiger partial charge in [-0.15, -0.1) is 0 Å². The van der Waals surface area contributed by atoms with Crippen LogP contribution in [0.3, 0.4) is 0 Å². The molecule has 5 atom stereocenters. The van der Waals surface area contributed by atoms with Gasteiger partial charge in [-0.1, -0.05) is 78.9 Å². The molecular formula is C30H31N5O. The van der Waals surface area contributed by atoms with E-state index < -0.39 is 11.0 Å². The van der Waals surface area contributed by atoms with Crippen molar-refractivity contribution in [3.05, 3.63) is 102 Å². The summed E-state index contributed by atoms with van der Waals surface area (Å²) in [7, 11) is 4.32. The summed E-state index contributed by atoms with van der Waals surface area (Å²) >= 11 is 0. The SMILES string of the molecule is CN1CC2C(=NN[C@H]2c2ccccc2)C2(C1)[C@H](c1ccccc1)CN(C)[C@]21C(=O)Nc2ccccc21. The molecule has 2 saturated heterocycles. The Kier molecular flexibility index (Phi) is 4.69. The second-order valence-electron chi connectivity index (χ2n) is 10.8. The first-order valence-corrected chi connectivity index (χ1v) is 12.8. The van der Waals surface area contributed by atoms with E-state index in [1.54, 1.807) is 0 Å². The highest BCUT2D eigenvalue weighted by molar-refractivity contribution is 6.13. The molecule has 0 saturated carbocycles. The molecule has 3 aromatic rings. The van der Waals surface area contributed by atoms with E-state index in [9.17, 15) is 4.79 Å². The quantitative estimate of drug-likeness (QED) is 0.589. The average molecular weight is 478 g/mol. The van der Waals surface area contributed by atoms with Gasteiger partial charge >= 0.3 is 0 Å². The van der Waals surface area contributed by atoms with Gasteiger partial charge in [-0.05, 0) is 31.3 Å². The topological polar surface area (TPSA) is 60.0 Å². The third kappa shape index (κ3) is 2.63. The number of para-hydroxylation sites is 1. The van der Waals surface area contributed by atoms with Gasteiger partial charge in [0.1, 0.15) is 5.54 Å². The monoisotopic (exact) mass is 477 g/mol. The highest BCUT2D eigenvalue weighted by atomic mass is 16.2. The maximum Gasteiger partial charge on any atom is 0.250 e. The van der Waals surface area contributed by atoms with E-state index in [-0.39, 0.29) is 23.8 Å². The molecule has 4 aliphatic rings. The van der Waals surface area contributed by atoms with Crippen LogP contribution in [0.2, 0.25) is 0 Å². The number of benzene rings is 3. The molecule has 2 spiro atoms. The molecule has 2 fully saturated rings. The average Bonchev–Trinajstić information content (AvgIpc) is 3.54. The molecule has 3 aromatic carbocycles. The van der Waals surface area contributed by atoms with E-state index in [4.69, 9.17) is 5.10 Å². The maximum atomic E-state index is 14.3. The fourth-order valence-corrected chi connectivity index (χ4v) is 7.85. The molecule has 182 valence electrons. The Morgan fingerprint density at radius 3 is 2.28 bits per heavy atom. The number of likely N-dealkylation sites (N-methyl/N-ethyl adjacent to an activating group) is 1. The van der Waals surface area contributed by atoms with Crippen molar-refractivity contribution in [2.24, 2.45) is 16.4 Å². The van der Waals surface area contributed by atoms with Gasteiger partial charge in [-0.25, -0.2) is 0 Å². The van der Waals surface area contributed by atoms with Crippen LogP contribution in [0.4, 0.5) is 5.69 Å². The highest BCUT2D eigenvalue weighted by Crippen LogP contribution is 2.65. The molecule has 2 N–H and O–H groups in total. The number of carbonyl (C=O) groups excluding carboxylic acids is 1.